The molecule has 0 unspecified atom stereocenters. The number of benzene rings is 2. The Kier molecular flexibility index (Phi) is 4.75. The third kappa shape index (κ3) is 3.24. The van der Waals surface area contributed by atoms with Crippen LogP contribution in [0.3, 0.4) is 0 Å². The van der Waals surface area contributed by atoms with Crippen molar-refractivity contribution >= 4 is 35.2 Å². The quantitative estimate of drug-likeness (QED) is 0.392. The zero-order chi connectivity index (χ0) is 14.7. The van der Waals surface area contributed by atoms with E-state index in [1.165, 1.54) is 18.3 Å². The minimum atomic E-state index is -0.191. The molecule has 3 aromatic rings. The van der Waals surface area contributed by atoms with Crippen LogP contribution in [0.15, 0.2) is 53.8 Å². The van der Waals surface area contributed by atoms with E-state index < -0.39 is 0 Å². The second-order valence-electron chi connectivity index (χ2n) is 4.40. The highest BCUT2D eigenvalue weighted by atomic mass is 35.5. The first-order valence-corrected chi connectivity index (χ1v) is 6.25. The highest BCUT2D eigenvalue weighted by Gasteiger charge is 2.01. The van der Waals surface area contributed by atoms with Crippen molar-refractivity contribution in [1.82, 2.24) is 10.2 Å². The van der Waals surface area contributed by atoms with Gasteiger partial charge in [-0.2, -0.15) is 10.2 Å². The smallest absolute Gasteiger partial charge is 0.176 e. The summed E-state index contributed by atoms with van der Waals surface area (Å²) in [4.78, 5) is 0. The van der Waals surface area contributed by atoms with Crippen LogP contribution < -0.4 is 5.43 Å². The monoisotopic (exact) mass is 316 g/mol. The number of aromatic nitrogens is 2. The Morgan fingerprint density at radius 1 is 1.05 bits per heavy atom. The molecule has 112 valence electrons. The molecule has 0 aliphatic rings. The van der Waals surface area contributed by atoms with Crippen LogP contribution in [0.25, 0.3) is 10.8 Å². The molecular weight excluding hydrogens is 304 g/mol. The maximum atomic E-state index is 9.40. The first kappa shape index (κ1) is 15.5. The summed E-state index contributed by atoms with van der Waals surface area (Å²) >= 11 is 0. The standard InChI is InChI=1S/C15H12N4O2.ClH/c20-13-6-5-10(7-14(13)21)8-16-18-15-12-4-2-1-3-11(12)9-17-19-15;/h1-9,20-21H,(H,18,19);1H/b16-8+;. The van der Waals surface area contributed by atoms with Crippen molar-refractivity contribution in [1.29, 1.82) is 0 Å². The van der Waals surface area contributed by atoms with Gasteiger partial charge in [0, 0.05) is 10.8 Å². The number of fused-ring (bicyclic) bond motifs is 1. The van der Waals surface area contributed by atoms with Gasteiger partial charge in [0.2, 0.25) is 0 Å². The molecule has 2 aromatic carbocycles. The van der Waals surface area contributed by atoms with Crippen LogP contribution >= 0.6 is 12.4 Å². The molecule has 0 aliphatic carbocycles. The van der Waals surface area contributed by atoms with E-state index in [9.17, 15) is 10.2 Å². The van der Waals surface area contributed by atoms with Gasteiger partial charge in [-0.3, -0.25) is 5.43 Å². The number of halogens is 1. The third-order valence-corrected chi connectivity index (χ3v) is 2.95. The highest BCUT2D eigenvalue weighted by molar-refractivity contribution is 5.91. The van der Waals surface area contributed by atoms with E-state index in [4.69, 9.17) is 0 Å². The Morgan fingerprint density at radius 2 is 1.86 bits per heavy atom. The van der Waals surface area contributed by atoms with E-state index >= 15 is 0 Å². The molecule has 3 rings (SSSR count). The molecule has 0 aliphatic heterocycles. The number of hydrogen-bond acceptors (Lipinski definition) is 6. The van der Waals surface area contributed by atoms with Crippen LogP contribution in [0.5, 0.6) is 11.5 Å². The lowest BCUT2D eigenvalue weighted by molar-refractivity contribution is 0.403. The number of anilines is 1. The van der Waals surface area contributed by atoms with E-state index in [0.717, 1.165) is 10.8 Å². The van der Waals surface area contributed by atoms with Gasteiger partial charge in [-0.25, -0.2) is 0 Å². The predicted octanol–water partition coefficient (Wildman–Crippen LogP) is 2.91. The maximum absolute atomic E-state index is 9.40. The number of aromatic hydroxyl groups is 2. The number of nitrogens with zero attached hydrogens (tertiary/aromatic N) is 3. The Hall–Kier alpha value is -2.86. The fourth-order valence-electron chi connectivity index (χ4n) is 1.90. The fraction of sp³-hybridized carbons (Fsp3) is 0. The summed E-state index contributed by atoms with van der Waals surface area (Å²) in [6, 6.07) is 12.1. The van der Waals surface area contributed by atoms with Gasteiger partial charge >= 0.3 is 0 Å². The third-order valence-electron chi connectivity index (χ3n) is 2.95. The molecule has 0 fully saturated rings. The van der Waals surface area contributed by atoms with Crippen LogP contribution in [0.4, 0.5) is 5.82 Å². The number of phenols is 2. The molecule has 0 saturated carbocycles. The van der Waals surface area contributed by atoms with Crippen molar-refractivity contribution in [3.05, 3.63) is 54.2 Å². The average molecular weight is 317 g/mol. The van der Waals surface area contributed by atoms with Crippen LogP contribution in [-0.4, -0.2) is 26.6 Å². The summed E-state index contributed by atoms with van der Waals surface area (Å²) in [7, 11) is 0. The molecule has 1 aromatic heterocycles. The molecule has 6 nitrogen and oxygen atoms in total. The van der Waals surface area contributed by atoms with Crippen molar-refractivity contribution in [3.8, 4) is 11.5 Å². The first-order valence-electron chi connectivity index (χ1n) is 6.25. The van der Waals surface area contributed by atoms with Gasteiger partial charge in [0.1, 0.15) is 0 Å². The number of hydrogen-bond donors (Lipinski definition) is 3. The summed E-state index contributed by atoms with van der Waals surface area (Å²) in [6.07, 6.45) is 3.20. The number of nitrogens with one attached hydrogen (secondary N) is 1. The van der Waals surface area contributed by atoms with Gasteiger partial charge in [-0.15, -0.1) is 17.5 Å². The van der Waals surface area contributed by atoms with Crippen molar-refractivity contribution in [2.75, 3.05) is 5.43 Å². The molecular formula is C15H13ClN4O2. The van der Waals surface area contributed by atoms with Crippen molar-refractivity contribution < 1.29 is 10.2 Å². The SMILES string of the molecule is Cl.Oc1ccc(/C=N/Nc2nncc3ccccc23)cc1O. The summed E-state index contributed by atoms with van der Waals surface area (Å²) in [5, 5.41) is 32.5. The Bertz CT molecular complexity index is 818. The number of phenolic OH excluding ortho intramolecular Hbond substituents is 2. The minimum absolute atomic E-state index is 0. The van der Waals surface area contributed by atoms with Crippen LogP contribution in [0.2, 0.25) is 0 Å². The van der Waals surface area contributed by atoms with E-state index in [1.54, 1.807) is 12.3 Å². The molecule has 0 radical (unpaired) electrons. The zero-order valence-corrected chi connectivity index (χ0v) is 12.2. The lowest BCUT2D eigenvalue weighted by Crippen LogP contribution is -1.96. The van der Waals surface area contributed by atoms with Crippen LogP contribution in [-0.2, 0) is 0 Å². The highest BCUT2D eigenvalue weighted by Crippen LogP contribution is 2.24. The molecule has 0 spiro atoms. The lowest BCUT2D eigenvalue weighted by Gasteiger charge is -2.03. The molecule has 0 bridgehead atoms. The van der Waals surface area contributed by atoms with E-state index in [1.807, 2.05) is 24.3 Å². The van der Waals surface area contributed by atoms with Gasteiger partial charge < -0.3 is 10.2 Å². The molecule has 7 heteroatoms. The average Bonchev–Trinajstić information content (AvgIpc) is 2.51. The molecule has 3 N–H and O–H groups in total. The lowest BCUT2D eigenvalue weighted by atomic mass is 10.2. The normalized spacial score (nSPS) is 10.5. The summed E-state index contributed by atoms with van der Waals surface area (Å²) in [5.41, 5.74) is 3.47. The Morgan fingerprint density at radius 3 is 2.68 bits per heavy atom. The van der Waals surface area contributed by atoms with Crippen LogP contribution in [0.1, 0.15) is 5.56 Å². The van der Waals surface area contributed by atoms with Gasteiger partial charge in [0.05, 0.1) is 12.4 Å². The predicted molar refractivity (Wildman–Crippen MR) is 87.8 cm³/mol. The molecule has 22 heavy (non-hydrogen) atoms. The van der Waals surface area contributed by atoms with E-state index in [2.05, 4.69) is 20.7 Å². The van der Waals surface area contributed by atoms with Gasteiger partial charge in [-0.05, 0) is 23.8 Å². The van der Waals surface area contributed by atoms with Crippen molar-refractivity contribution in [2.24, 2.45) is 5.10 Å². The van der Waals surface area contributed by atoms with Crippen molar-refractivity contribution in [3.63, 3.8) is 0 Å². The summed E-state index contributed by atoms with van der Waals surface area (Å²) in [5.74, 6) is 0.191. The molecule has 0 saturated heterocycles. The van der Waals surface area contributed by atoms with Crippen molar-refractivity contribution in [2.45, 2.75) is 0 Å². The molecule has 0 atom stereocenters. The summed E-state index contributed by atoms with van der Waals surface area (Å²) < 4.78 is 0. The first-order chi connectivity index (χ1) is 10.2. The number of rotatable bonds is 3. The maximum Gasteiger partial charge on any atom is 0.176 e. The number of hydrazone groups is 1. The summed E-state index contributed by atoms with van der Waals surface area (Å²) in [6.45, 7) is 0. The van der Waals surface area contributed by atoms with E-state index in [-0.39, 0.29) is 23.9 Å². The molecule has 0 amide bonds. The fourth-order valence-corrected chi connectivity index (χ4v) is 1.90. The Balaban J connectivity index is 0.00000176. The Labute approximate surface area is 132 Å². The van der Waals surface area contributed by atoms with Crippen LogP contribution in [0, 0.1) is 0 Å². The topological polar surface area (TPSA) is 90.6 Å². The van der Waals surface area contributed by atoms with E-state index in [0.29, 0.717) is 11.4 Å². The minimum Gasteiger partial charge on any atom is -0.504 e. The van der Waals surface area contributed by atoms with Gasteiger partial charge in [0.15, 0.2) is 17.3 Å². The largest absolute Gasteiger partial charge is 0.504 e. The second-order valence-corrected chi connectivity index (χ2v) is 4.40. The van der Waals surface area contributed by atoms with Gasteiger partial charge in [0.25, 0.3) is 0 Å². The zero-order valence-electron chi connectivity index (χ0n) is 11.3. The van der Waals surface area contributed by atoms with Gasteiger partial charge in [-0.1, -0.05) is 24.3 Å². The second kappa shape index (κ2) is 6.73. The molecule has 1 heterocycles.